The summed E-state index contributed by atoms with van der Waals surface area (Å²) in [6, 6.07) is 2.83. The maximum Gasteiger partial charge on any atom is 0.534 e. The maximum absolute atomic E-state index is 13.1. The van der Waals surface area contributed by atoms with E-state index in [0.29, 0.717) is 10.3 Å². The van der Waals surface area contributed by atoms with E-state index < -0.39 is 35.7 Å². The largest absolute Gasteiger partial charge is 0.543 e. The highest BCUT2D eigenvalue weighted by atomic mass is 32.2. The van der Waals surface area contributed by atoms with Gasteiger partial charge < -0.3 is 13.3 Å². The minimum absolute atomic E-state index is 0.108. The predicted octanol–water partition coefficient (Wildman–Crippen LogP) is 6.40. The molecule has 1 heterocycles. The fourth-order valence-corrected chi connectivity index (χ4v) is 11.1. The van der Waals surface area contributed by atoms with Crippen molar-refractivity contribution in [2.24, 2.45) is 0 Å². The zero-order chi connectivity index (χ0) is 25.4. The number of methoxy groups -OCH3 is 1. The quantitative estimate of drug-likeness (QED) is 0.163. The summed E-state index contributed by atoms with van der Waals surface area (Å²) in [6.07, 6.45) is -0.248. The third-order valence-corrected chi connectivity index (χ3v) is 13.7. The molecule has 0 N–H and O–H groups in total. The second-order valence-corrected chi connectivity index (χ2v) is 16.5. The Hall–Kier alpha value is -1.79. The highest BCUT2D eigenvalue weighted by Crippen LogP contribution is 2.46. The molecule has 2 aromatic rings. The Morgan fingerprint density at radius 2 is 1.61 bits per heavy atom. The Morgan fingerprint density at radius 3 is 2.06 bits per heavy atom. The van der Waals surface area contributed by atoms with Gasteiger partial charge in [-0.15, -0.1) is 11.3 Å². The fraction of sp³-hybridized carbons (Fsp3) is 0.571. The number of carbonyl (C=O) groups is 1. The van der Waals surface area contributed by atoms with Gasteiger partial charge in [0.25, 0.3) is 8.32 Å². The molecule has 0 unspecified atom stereocenters. The summed E-state index contributed by atoms with van der Waals surface area (Å²) in [7, 11) is -7.25. The third kappa shape index (κ3) is 5.48. The molecule has 0 aliphatic carbocycles. The summed E-state index contributed by atoms with van der Waals surface area (Å²) >= 11 is 1.15. The van der Waals surface area contributed by atoms with Gasteiger partial charge in [-0.3, -0.25) is 4.79 Å². The van der Waals surface area contributed by atoms with E-state index in [4.69, 9.17) is 4.43 Å². The summed E-state index contributed by atoms with van der Waals surface area (Å²) in [5.41, 5.74) is -4.78. The summed E-state index contributed by atoms with van der Waals surface area (Å²) < 4.78 is 79.1. The van der Waals surface area contributed by atoms with Crippen molar-refractivity contribution in [2.75, 3.05) is 7.11 Å². The highest BCUT2D eigenvalue weighted by Gasteiger charge is 2.49. The molecule has 0 bridgehead atoms. The Bertz CT molecular complexity index is 1090. The van der Waals surface area contributed by atoms with Crippen molar-refractivity contribution in [1.82, 2.24) is 0 Å². The minimum atomic E-state index is -5.94. The van der Waals surface area contributed by atoms with Crippen molar-refractivity contribution in [3.8, 4) is 11.5 Å². The molecule has 6 nitrogen and oxygen atoms in total. The van der Waals surface area contributed by atoms with Crippen LogP contribution in [0.4, 0.5) is 13.2 Å². The van der Waals surface area contributed by atoms with Crippen LogP contribution in [0.5, 0.6) is 11.5 Å². The number of rotatable bonds is 9. The lowest BCUT2D eigenvalue weighted by atomic mass is 10.1. The molecule has 1 aromatic carbocycles. The molecule has 2 rings (SSSR count). The molecule has 0 radical (unpaired) electrons. The van der Waals surface area contributed by atoms with Crippen LogP contribution in [0, 0.1) is 0 Å². The number of ether oxygens (including phenoxy) is 1. The van der Waals surface area contributed by atoms with Crippen LogP contribution in [-0.4, -0.2) is 35.3 Å². The van der Waals surface area contributed by atoms with Crippen molar-refractivity contribution < 1.29 is 39.7 Å². The molecular weight excluding hydrogens is 497 g/mol. The number of alkyl halides is 3. The lowest BCUT2D eigenvalue weighted by Crippen LogP contribution is -2.50. The van der Waals surface area contributed by atoms with Crippen LogP contribution >= 0.6 is 11.3 Å². The van der Waals surface area contributed by atoms with Crippen molar-refractivity contribution in [1.29, 1.82) is 0 Å². The topological polar surface area (TPSA) is 78.9 Å². The number of hydrogen-bond acceptors (Lipinski definition) is 7. The summed E-state index contributed by atoms with van der Waals surface area (Å²) in [5, 5.41) is 1.67. The molecule has 0 atom stereocenters. The molecule has 33 heavy (non-hydrogen) atoms. The van der Waals surface area contributed by atoms with Crippen LogP contribution in [-0.2, 0) is 26.1 Å². The van der Waals surface area contributed by atoms with Crippen molar-refractivity contribution in [3.05, 3.63) is 23.1 Å². The first-order valence-electron chi connectivity index (χ1n) is 10.4. The molecule has 186 valence electrons. The van der Waals surface area contributed by atoms with Gasteiger partial charge in [-0.1, -0.05) is 41.5 Å². The van der Waals surface area contributed by atoms with E-state index in [1.807, 2.05) is 0 Å². The van der Waals surface area contributed by atoms with Crippen LogP contribution in [0.15, 0.2) is 17.5 Å². The van der Waals surface area contributed by atoms with E-state index in [9.17, 15) is 26.4 Å². The number of hydrogen-bond donors (Lipinski definition) is 0. The van der Waals surface area contributed by atoms with Crippen LogP contribution in [0.3, 0.4) is 0 Å². The minimum Gasteiger partial charge on any atom is -0.543 e. The van der Waals surface area contributed by atoms with Crippen LogP contribution in [0.25, 0.3) is 10.1 Å². The monoisotopic (exact) mass is 526 g/mol. The van der Waals surface area contributed by atoms with E-state index in [1.165, 1.54) is 13.2 Å². The van der Waals surface area contributed by atoms with Gasteiger partial charge in [-0.2, -0.15) is 21.6 Å². The van der Waals surface area contributed by atoms with Crippen LogP contribution in [0.2, 0.25) is 16.6 Å². The molecular formula is C21H29F3O6S2Si. The Kier molecular flexibility index (Phi) is 8.17. The molecule has 0 amide bonds. The predicted molar refractivity (Wildman–Crippen MR) is 125 cm³/mol. The summed E-state index contributed by atoms with van der Waals surface area (Å²) in [5.74, 6) is -0.909. The Labute approximate surface area is 197 Å². The number of esters is 1. The Balaban J connectivity index is 2.73. The third-order valence-electron chi connectivity index (χ3n) is 5.74. The van der Waals surface area contributed by atoms with Crippen molar-refractivity contribution in [3.63, 3.8) is 0 Å². The van der Waals surface area contributed by atoms with Gasteiger partial charge >= 0.3 is 21.6 Å². The van der Waals surface area contributed by atoms with E-state index in [0.717, 1.165) is 11.3 Å². The number of carbonyl (C=O) groups excluding carboxylic acids is 1. The second-order valence-electron chi connectivity index (χ2n) is 8.71. The smallest absolute Gasteiger partial charge is 0.534 e. The van der Waals surface area contributed by atoms with E-state index in [2.05, 4.69) is 50.5 Å². The summed E-state index contributed by atoms with van der Waals surface area (Å²) in [6.45, 7) is 12.3. The van der Waals surface area contributed by atoms with E-state index in [-0.39, 0.29) is 34.2 Å². The molecule has 1 aromatic heterocycles. The van der Waals surface area contributed by atoms with E-state index in [1.54, 1.807) is 11.4 Å². The normalized spacial score (nSPS) is 13.2. The molecule has 0 aliphatic rings. The summed E-state index contributed by atoms with van der Waals surface area (Å²) in [4.78, 5) is 11.8. The molecule has 12 heteroatoms. The molecule has 0 saturated heterocycles. The average Bonchev–Trinajstić information content (AvgIpc) is 3.06. The van der Waals surface area contributed by atoms with Gasteiger partial charge in [-0.25, -0.2) is 0 Å². The molecule has 0 fully saturated rings. The fourth-order valence-electron chi connectivity index (χ4n) is 4.37. The lowest BCUT2D eigenvalue weighted by molar-refractivity contribution is -0.139. The average molecular weight is 527 g/mol. The number of fused-ring (bicyclic) bond motifs is 1. The lowest BCUT2D eigenvalue weighted by Gasteiger charge is -2.42. The maximum atomic E-state index is 13.1. The zero-order valence-electron chi connectivity index (χ0n) is 19.6. The van der Waals surface area contributed by atoms with Crippen molar-refractivity contribution >= 4 is 45.8 Å². The second kappa shape index (κ2) is 9.83. The van der Waals surface area contributed by atoms with Crippen LogP contribution < -0.4 is 8.61 Å². The van der Waals surface area contributed by atoms with Crippen molar-refractivity contribution in [2.45, 2.75) is 70.1 Å². The number of thiophene rings is 1. The van der Waals surface area contributed by atoms with Gasteiger partial charge in [0.2, 0.25) is 0 Å². The van der Waals surface area contributed by atoms with Gasteiger partial charge in [0.05, 0.1) is 13.5 Å². The zero-order valence-corrected chi connectivity index (χ0v) is 22.2. The van der Waals surface area contributed by atoms with Gasteiger partial charge in [0.1, 0.15) is 5.75 Å². The molecule has 0 aliphatic heterocycles. The SMILES string of the molecule is COC(=O)Cc1csc2cc(O[Si](C(C)C)(C(C)C)C(C)C)cc(OS(=O)(=O)C(F)(F)F)c12. The number of benzene rings is 1. The van der Waals surface area contributed by atoms with Gasteiger partial charge in [0.15, 0.2) is 5.75 Å². The van der Waals surface area contributed by atoms with Gasteiger partial charge in [0, 0.05) is 16.2 Å². The first-order valence-corrected chi connectivity index (χ1v) is 14.8. The first kappa shape index (κ1) is 27.5. The standard InChI is InChI=1S/C21H29F3O6S2Si/c1-12(2)33(13(3)4,14(5)6)30-16-9-17(29-32(26,27)21(22,23)24)20-15(8-19(25)28-7)11-31-18(20)10-16/h9-14H,8H2,1-7H3. The van der Waals surface area contributed by atoms with Crippen LogP contribution in [0.1, 0.15) is 47.1 Å². The number of halogens is 3. The molecule has 0 saturated carbocycles. The van der Waals surface area contributed by atoms with Gasteiger partial charge in [-0.05, 0) is 33.6 Å². The first-order chi connectivity index (χ1) is 15.1. The highest BCUT2D eigenvalue weighted by molar-refractivity contribution is 7.88. The van der Waals surface area contributed by atoms with E-state index >= 15 is 0 Å². The Morgan fingerprint density at radius 1 is 1.06 bits per heavy atom. The molecule has 0 spiro atoms.